The predicted octanol–water partition coefficient (Wildman–Crippen LogP) is 1.65. The summed E-state index contributed by atoms with van der Waals surface area (Å²) in [5, 5.41) is 18.9. The Morgan fingerprint density at radius 1 is 1.07 bits per heavy atom. The molecule has 0 aromatic heterocycles. The number of rotatable bonds is 1. The van der Waals surface area contributed by atoms with Crippen molar-refractivity contribution < 1.29 is 15.0 Å². The van der Waals surface area contributed by atoms with Gasteiger partial charge < -0.3 is 10.2 Å². The molecule has 14 heavy (non-hydrogen) atoms. The van der Waals surface area contributed by atoms with Crippen LogP contribution in [0.4, 0.5) is 0 Å². The molecule has 80 valence electrons. The van der Waals surface area contributed by atoms with E-state index in [1.807, 2.05) is 0 Å². The minimum Gasteiger partial charge on any atom is -0.481 e. The molecule has 0 aromatic carbocycles. The Morgan fingerprint density at radius 3 is 2.50 bits per heavy atom. The molecular weight excluding hydrogens is 180 g/mol. The van der Waals surface area contributed by atoms with Crippen LogP contribution in [-0.2, 0) is 4.79 Å². The van der Waals surface area contributed by atoms with E-state index in [0.29, 0.717) is 12.3 Å². The fourth-order valence-electron chi connectivity index (χ4n) is 3.18. The first-order valence-electron chi connectivity index (χ1n) is 5.61. The van der Waals surface area contributed by atoms with E-state index in [1.165, 1.54) is 12.8 Å². The Balaban J connectivity index is 2.06. The van der Waals surface area contributed by atoms with E-state index in [0.717, 1.165) is 19.3 Å². The molecule has 0 heterocycles. The second-order valence-electron chi connectivity index (χ2n) is 4.72. The van der Waals surface area contributed by atoms with Gasteiger partial charge in [-0.3, -0.25) is 4.79 Å². The molecule has 2 fully saturated rings. The molecule has 0 aromatic rings. The molecule has 2 aliphatic carbocycles. The van der Waals surface area contributed by atoms with E-state index in [1.54, 1.807) is 0 Å². The molecule has 0 unspecified atom stereocenters. The minimum atomic E-state index is -0.818. The molecule has 0 aliphatic heterocycles. The maximum absolute atomic E-state index is 10.9. The Hall–Kier alpha value is -0.570. The van der Waals surface area contributed by atoms with Gasteiger partial charge in [-0.15, -0.1) is 0 Å². The number of aliphatic hydroxyl groups excluding tert-OH is 1. The van der Waals surface area contributed by atoms with Crippen LogP contribution in [0.2, 0.25) is 0 Å². The maximum atomic E-state index is 10.9. The standard InChI is InChI=1S/C11H18O3/c12-10-8-4-2-1-3-7(8)5-6-9(10)11(13)14/h7-10,12H,1-6H2,(H,13,14)/t7-,8-,9+,10+/m0/s1. The summed E-state index contributed by atoms with van der Waals surface area (Å²) in [6.45, 7) is 0. The third-order valence-electron chi connectivity index (χ3n) is 3.98. The van der Waals surface area contributed by atoms with Crippen LogP contribution in [0.3, 0.4) is 0 Å². The van der Waals surface area contributed by atoms with Gasteiger partial charge in [0.25, 0.3) is 0 Å². The monoisotopic (exact) mass is 198 g/mol. The molecule has 3 heteroatoms. The van der Waals surface area contributed by atoms with Crippen molar-refractivity contribution in [3.05, 3.63) is 0 Å². The van der Waals surface area contributed by atoms with Gasteiger partial charge in [-0.1, -0.05) is 19.3 Å². The Morgan fingerprint density at radius 2 is 1.79 bits per heavy atom. The zero-order chi connectivity index (χ0) is 10.1. The van der Waals surface area contributed by atoms with Crippen molar-refractivity contribution in [3.8, 4) is 0 Å². The van der Waals surface area contributed by atoms with Gasteiger partial charge in [-0.05, 0) is 31.1 Å². The highest BCUT2D eigenvalue weighted by Gasteiger charge is 2.42. The summed E-state index contributed by atoms with van der Waals surface area (Å²) < 4.78 is 0. The third-order valence-corrected chi connectivity index (χ3v) is 3.98. The van der Waals surface area contributed by atoms with E-state index in [2.05, 4.69) is 0 Å². The van der Waals surface area contributed by atoms with Gasteiger partial charge in [0.15, 0.2) is 0 Å². The average molecular weight is 198 g/mol. The van der Waals surface area contributed by atoms with Crippen LogP contribution in [-0.4, -0.2) is 22.3 Å². The highest BCUT2D eigenvalue weighted by Crippen LogP contribution is 2.42. The summed E-state index contributed by atoms with van der Waals surface area (Å²) in [6, 6.07) is 0. The number of aliphatic hydroxyl groups is 1. The second-order valence-corrected chi connectivity index (χ2v) is 4.72. The van der Waals surface area contributed by atoms with E-state index in [9.17, 15) is 9.90 Å². The zero-order valence-corrected chi connectivity index (χ0v) is 8.35. The van der Waals surface area contributed by atoms with Crippen LogP contribution >= 0.6 is 0 Å². The summed E-state index contributed by atoms with van der Waals surface area (Å²) in [5.74, 6) is -0.469. The van der Waals surface area contributed by atoms with Gasteiger partial charge in [0.1, 0.15) is 0 Å². The summed E-state index contributed by atoms with van der Waals surface area (Å²) in [6.07, 6.45) is 5.70. The first kappa shape index (κ1) is 9.97. The van der Waals surface area contributed by atoms with Gasteiger partial charge in [-0.2, -0.15) is 0 Å². The number of hydrogen-bond acceptors (Lipinski definition) is 2. The quantitative estimate of drug-likeness (QED) is 0.673. The van der Waals surface area contributed by atoms with Crippen molar-refractivity contribution in [2.45, 2.75) is 44.6 Å². The van der Waals surface area contributed by atoms with Gasteiger partial charge in [0.05, 0.1) is 12.0 Å². The molecule has 4 atom stereocenters. The molecule has 0 spiro atoms. The predicted molar refractivity (Wildman–Crippen MR) is 51.8 cm³/mol. The summed E-state index contributed by atoms with van der Waals surface area (Å²) in [5.41, 5.74) is 0. The first-order chi connectivity index (χ1) is 6.70. The van der Waals surface area contributed by atoms with Crippen LogP contribution in [0.15, 0.2) is 0 Å². The second kappa shape index (κ2) is 3.89. The van der Waals surface area contributed by atoms with Gasteiger partial charge in [-0.25, -0.2) is 0 Å². The first-order valence-corrected chi connectivity index (χ1v) is 5.61. The number of fused-ring (bicyclic) bond motifs is 1. The fraction of sp³-hybridized carbons (Fsp3) is 0.909. The van der Waals surface area contributed by atoms with Crippen molar-refractivity contribution in [2.24, 2.45) is 17.8 Å². The molecule has 2 aliphatic rings. The SMILES string of the molecule is O=C(O)[C@@H]1CC[C@@H]2CCCC[C@@H]2[C@H]1O. The van der Waals surface area contributed by atoms with Crippen LogP contribution in [0.1, 0.15) is 38.5 Å². The van der Waals surface area contributed by atoms with Crippen molar-refractivity contribution in [1.82, 2.24) is 0 Å². The molecular formula is C11H18O3. The molecule has 0 saturated heterocycles. The molecule has 0 radical (unpaired) electrons. The van der Waals surface area contributed by atoms with Crippen LogP contribution < -0.4 is 0 Å². The van der Waals surface area contributed by atoms with E-state index >= 15 is 0 Å². The van der Waals surface area contributed by atoms with Crippen molar-refractivity contribution in [1.29, 1.82) is 0 Å². The summed E-state index contributed by atoms with van der Waals surface area (Å²) in [4.78, 5) is 10.9. The number of hydrogen-bond donors (Lipinski definition) is 2. The topological polar surface area (TPSA) is 57.5 Å². The highest BCUT2D eigenvalue weighted by atomic mass is 16.4. The van der Waals surface area contributed by atoms with E-state index in [4.69, 9.17) is 5.11 Å². The van der Waals surface area contributed by atoms with Crippen LogP contribution in [0.25, 0.3) is 0 Å². The summed E-state index contributed by atoms with van der Waals surface area (Å²) in [7, 11) is 0. The number of carboxylic acid groups (broad SMARTS) is 1. The van der Waals surface area contributed by atoms with Gasteiger partial charge >= 0.3 is 5.97 Å². The molecule has 2 saturated carbocycles. The van der Waals surface area contributed by atoms with Gasteiger partial charge in [0.2, 0.25) is 0 Å². The lowest BCUT2D eigenvalue weighted by Crippen LogP contribution is -2.43. The molecule has 2 rings (SSSR count). The largest absolute Gasteiger partial charge is 0.481 e. The Bertz CT molecular complexity index is 227. The van der Waals surface area contributed by atoms with E-state index < -0.39 is 18.0 Å². The van der Waals surface area contributed by atoms with Crippen LogP contribution in [0, 0.1) is 17.8 Å². The number of aliphatic carboxylic acids is 1. The molecule has 0 bridgehead atoms. The molecule has 2 N–H and O–H groups in total. The van der Waals surface area contributed by atoms with E-state index in [-0.39, 0.29) is 5.92 Å². The lowest BCUT2D eigenvalue weighted by molar-refractivity contribution is -0.152. The Kier molecular flexibility index (Phi) is 2.77. The Labute approximate surface area is 84.1 Å². The molecule has 3 nitrogen and oxygen atoms in total. The van der Waals surface area contributed by atoms with Crippen LogP contribution in [0.5, 0.6) is 0 Å². The van der Waals surface area contributed by atoms with Crippen molar-refractivity contribution in [2.75, 3.05) is 0 Å². The number of carbonyl (C=O) groups is 1. The average Bonchev–Trinajstić information content (AvgIpc) is 2.18. The van der Waals surface area contributed by atoms with Crippen molar-refractivity contribution in [3.63, 3.8) is 0 Å². The zero-order valence-electron chi connectivity index (χ0n) is 8.35. The minimum absolute atomic E-state index is 0.263. The summed E-state index contributed by atoms with van der Waals surface area (Å²) >= 11 is 0. The maximum Gasteiger partial charge on any atom is 0.309 e. The fourth-order valence-corrected chi connectivity index (χ4v) is 3.18. The van der Waals surface area contributed by atoms with Gasteiger partial charge in [0, 0.05) is 0 Å². The molecule has 0 amide bonds. The third kappa shape index (κ3) is 1.65. The lowest BCUT2D eigenvalue weighted by Gasteiger charge is -2.41. The lowest BCUT2D eigenvalue weighted by atomic mass is 9.66. The smallest absolute Gasteiger partial charge is 0.309 e. The number of carboxylic acids is 1. The van der Waals surface area contributed by atoms with Crippen molar-refractivity contribution >= 4 is 5.97 Å². The normalized spacial score (nSPS) is 42.9. The highest BCUT2D eigenvalue weighted by molar-refractivity contribution is 5.70.